The molecule has 0 saturated heterocycles. The van der Waals surface area contributed by atoms with Gasteiger partial charge in [-0.15, -0.1) is 0 Å². The SMILES string of the molecule is NCC(NCCO)c1ccc(Br)cc1. The smallest absolute Gasteiger partial charge is 0.0556 e. The maximum atomic E-state index is 8.69. The third-order valence-corrected chi connectivity index (χ3v) is 2.54. The molecule has 1 rings (SSSR count). The molecule has 1 aromatic rings. The third kappa shape index (κ3) is 3.38. The zero-order chi connectivity index (χ0) is 10.4. The van der Waals surface area contributed by atoms with Gasteiger partial charge in [-0.25, -0.2) is 0 Å². The van der Waals surface area contributed by atoms with Crippen LogP contribution in [-0.2, 0) is 0 Å². The first-order valence-corrected chi connectivity index (χ1v) is 5.37. The maximum Gasteiger partial charge on any atom is 0.0556 e. The van der Waals surface area contributed by atoms with Crippen LogP contribution in [0.4, 0.5) is 0 Å². The van der Waals surface area contributed by atoms with Crippen LogP contribution in [0.2, 0.25) is 0 Å². The van der Waals surface area contributed by atoms with Crippen LogP contribution < -0.4 is 11.1 Å². The lowest BCUT2D eigenvalue weighted by atomic mass is 10.1. The molecular formula is C10H15BrN2O. The van der Waals surface area contributed by atoms with Gasteiger partial charge in [-0.1, -0.05) is 28.1 Å². The summed E-state index contributed by atoms with van der Waals surface area (Å²) in [4.78, 5) is 0. The van der Waals surface area contributed by atoms with Gasteiger partial charge in [0.2, 0.25) is 0 Å². The van der Waals surface area contributed by atoms with E-state index in [1.807, 2.05) is 24.3 Å². The summed E-state index contributed by atoms with van der Waals surface area (Å²) in [6.07, 6.45) is 0. The normalized spacial score (nSPS) is 12.8. The fraction of sp³-hybridized carbons (Fsp3) is 0.400. The molecular weight excluding hydrogens is 244 g/mol. The average Bonchev–Trinajstić information content (AvgIpc) is 2.21. The Balaban J connectivity index is 2.64. The molecule has 0 heterocycles. The number of aliphatic hydroxyl groups excluding tert-OH is 1. The number of nitrogens with one attached hydrogen (secondary N) is 1. The number of halogens is 1. The van der Waals surface area contributed by atoms with E-state index < -0.39 is 0 Å². The second kappa shape index (κ2) is 6.14. The predicted octanol–water partition coefficient (Wildman–Crippen LogP) is 1.03. The first kappa shape index (κ1) is 11.7. The summed E-state index contributed by atoms with van der Waals surface area (Å²) in [5.41, 5.74) is 6.77. The molecule has 0 bridgehead atoms. The van der Waals surface area contributed by atoms with Gasteiger partial charge in [0.15, 0.2) is 0 Å². The highest BCUT2D eigenvalue weighted by atomic mass is 79.9. The van der Waals surface area contributed by atoms with Crippen LogP contribution in [0, 0.1) is 0 Å². The number of hydrogen-bond acceptors (Lipinski definition) is 3. The Bertz CT molecular complexity index is 263. The standard InChI is InChI=1S/C10H15BrN2O/c11-9-3-1-8(2-4-9)10(7-12)13-5-6-14/h1-4,10,13-14H,5-7,12H2. The molecule has 3 nitrogen and oxygen atoms in total. The molecule has 0 aliphatic carbocycles. The fourth-order valence-electron chi connectivity index (χ4n) is 1.27. The quantitative estimate of drug-likeness (QED) is 0.740. The van der Waals surface area contributed by atoms with Gasteiger partial charge >= 0.3 is 0 Å². The lowest BCUT2D eigenvalue weighted by molar-refractivity contribution is 0.285. The van der Waals surface area contributed by atoms with Crippen LogP contribution >= 0.6 is 15.9 Å². The largest absolute Gasteiger partial charge is 0.395 e. The van der Waals surface area contributed by atoms with Crippen molar-refractivity contribution >= 4 is 15.9 Å². The van der Waals surface area contributed by atoms with Crippen molar-refractivity contribution in [3.05, 3.63) is 34.3 Å². The van der Waals surface area contributed by atoms with Gasteiger partial charge in [0.25, 0.3) is 0 Å². The molecule has 1 atom stereocenters. The van der Waals surface area contributed by atoms with E-state index in [0.29, 0.717) is 13.1 Å². The summed E-state index contributed by atoms with van der Waals surface area (Å²) in [5, 5.41) is 11.9. The summed E-state index contributed by atoms with van der Waals surface area (Å²) in [6.45, 7) is 1.23. The van der Waals surface area contributed by atoms with Crippen molar-refractivity contribution in [1.29, 1.82) is 0 Å². The lowest BCUT2D eigenvalue weighted by Gasteiger charge is -2.16. The maximum absolute atomic E-state index is 8.69. The first-order valence-electron chi connectivity index (χ1n) is 4.57. The van der Waals surface area contributed by atoms with E-state index in [2.05, 4.69) is 21.2 Å². The number of rotatable bonds is 5. The summed E-state index contributed by atoms with van der Waals surface area (Å²) < 4.78 is 1.05. The molecule has 78 valence electrons. The van der Waals surface area contributed by atoms with Gasteiger partial charge in [0, 0.05) is 23.6 Å². The molecule has 0 amide bonds. The Morgan fingerprint density at radius 1 is 1.36 bits per heavy atom. The second-order valence-corrected chi connectivity index (χ2v) is 3.93. The summed E-state index contributed by atoms with van der Waals surface area (Å²) >= 11 is 3.38. The lowest BCUT2D eigenvalue weighted by Crippen LogP contribution is -2.30. The van der Waals surface area contributed by atoms with Crippen molar-refractivity contribution in [3.8, 4) is 0 Å². The van der Waals surface area contributed by atoms with E-state index in [4.69, 9.17) is 10.8 Å². The van der Waals surface area contributed by atoms with Gasteiger partial charge in [-0.2, -0.15) is 0 Å². The molecule has 4 heteroatoms. The molecule has 0 aliphatic heterocycles. The van der Waals surface area contributed by atoms with E-state index in [-0.39, 0.29) is 12.6 Å². The summed E-state index contributed by atoms with van der Waals surface area (Å²) in [6, 6.07) is 8.13. The molecule has 0 radical (unpaired) electrons. The minimum absolute atomic E-state index is 0.121. The van der Waals surface area contributed by atoms with Crippen LogP contribution in [-0.4, -0.2) is 24.8 Å². The molecule has 14 heavy (non-hydrogen) atoms. The summed E-state index contributed by atoms with van der Waals surface area (Å²) in [5.74, 6) is 0. The molecule has 0 aliphatic rings. The minimum atomic E-state index is 0.121. The highest BCUT2D eigenvalue weighted by Gasteiger charge is 2.07. The Hall–Kier alpha value is -0.420. The fourth-order valence-corrected chi connectivity index (χ4v) is 1.54. The van der Waals surface area contributed by atoms with E-state index in [1.165, 1.54) is 0 Å². The van der Waals surface area contributed by atoms with Crippen LogP contribution in [0.3, 0.4) is 0 Å². The minimum Gasteiger partial charge on any atom is -0.395 e. The van der Waals surface area contributed by atoms with Crippen LogP contribution in [0.5, 0.6) is 0 Å². The van der Waals surface area contributed by atoms with Gasteiger partial charge in [0.1, 0.15) is 0 Å². The monoisotopic (exact) mass is 258 g/mol. The van der Waals surface area contributed by atoms with Crippen molar-refractivity contribution in [2.75, 3.05) is 19.7 Å². The third-order valence-electron chi connectivity index (χ3n) is 2.01. The topological polar surface area (TPSA) is 58.3 Å². The number of aliphatic hydroxyl groups is 1. The molecule has 0 fully saturated rings. The van der Waals surface area contributed by atoms with Crippen molar-refractivity contribution in [1.82, 2.24) is 5.32 Å². The van der Waals surface area contributed by atoms with Crippen LogP contribution in [0.15, 0.2) is 28.7 Å². The molecule has 1 aromatic carbocycles. The van der Waals surface area contributed by atoms with E-state index in [9.17, 15) is 0 Å². The van der Waals surface area contributed by atoms with Gasteiger partial charge < -0.3 is 16.2 Å². The average molecular weight is 259 g/mol. The summed E-state index contributed by atoms with van der Waals surface area (Å²) in [7, 11) is 0. The van der Waals surface area contributed by atoms with Gasteiger partial charge in [0.05, 0.1) is 6.61 Å². The Labute approximate surface area is 92.4 Å². The second-order valence-electron chi connectivity index (χ2n) is 3.02. The van der Waals surface area contributed by atoms with Gasteiger partial charge in [-0.05, 0) is 17.7 Å². The Morgan fingerprint density at radius 2 is 2.00 bits per heavy atom. The van der Waals surface area contributed by atoms with Crippen molar-refractivity contribution in [2.24, 2.45) is 5.73 Å². The number of hydrogen-bond donors (Lipinski definition) is 3. The van der Waals surface area contributed by atoms with E-state index in [1.54, 1.807) is 0 Å². The van der Waals surface area contributed by atoms with E-state index >= 15 is 0 Å². The molecule has 4 N–H and O–H groups in total. The molecule has 1 unspecified atom stereocenters. The predicted molar refractivity (Wildman–Crippen MR) is 61.0 cm³/mol. The van der Waals surface area contributed by atoms with Crippen LogP contribution in [0.1, 0.15) is 11.6 Å². The van der Waals surface area contributed by atoms with Crippen LogP contribution in [0.25, 0.3) is 0 Å². The number of benzene rings is 1. The van der Waals surface area contributed by atoms with Gasteiger partial charge in [-0.3, -0.25) is 0 Å². The Kier molecular flexibility index (Phi) is 5.11. The zero-order valence-corrected chi connectivity index (χ0v) is 9.50. The van der Waals surface area contributed by atoms with Crippen molar-refractivity contribution in [3.63, 3.8) is 0 Å². The van der Waals surface area contributed by atoms with Crippen molar-refractivity contribution in [2.45, 2.75) is 6.04 Å². The molecule has 0 aromatic heterocycles. The van der Waals surface area contributed by atoms with Crippen molar-refractivity contribution < 1.29 is 5.11 Å². The highest BCUT2D eigenvalue weighted by Crippen LogP contribution is 2.15. The highest BCUT2D eigenvalue weighted by molar-refractivity contribution is 9.10. The van der Waals surface area contributed by atoms with E-state index in [0.717, 1.165) is 10.0 Å². The number of nitrogens with two attached hydrogens (primary N) is 1. The first-order chi connectivity index (χ1) is 6.77. The Morgan fingerprint density at radius 3 is 2.50 bits per heavy atom. The zero-order valence-electron chi connectivity index (χ0n) is 7.91. The molecule has 0 spiro atoms. The molecule has 0 saturated carbocycles.